The lowest BCUT2D eigenvalue weighted by atomic mass is 10.1. The lowest BCUT2D eigenvalue weighted by Gasteiger charge is -2.00. The second kappa shape index (κ2) is 5.40. The predicted octanol–water partition coefficient (Wildman–Crippen LogP) is 1.74. The van der Waals surface area contributed by atoms with Gasteiger partial charge in [-0.15, -0.1) is 0 Å². The molecule has 15 heavy (non-hydrogen) atoms. The zero-order valence-corrected chi connectivity index (χ0v) is 8.71. The van der Waals surface area contributed by atoms with Gasteiger partial charge in [0.2, 0.25) is 0 Å². The summed E-state index contributed by atoms with van der Waals surface area (Å²) in [7, 11) is 0. The topological polar surface area (TPSA) is 63.3 Å². The highest BCUT2D eigenvalue weighted by atomic mass is 35.5. The van der Waals surface area contributed by atoms with Crippen molar-refractivity contribution in [3.05, 3.63) is 34.3 Å². The number of hydrogen-bond acceptors (Lipinski definition) is 2. The molecule has 0 heterocycles. The Labute approximate surface area is 92.9 Å². The Balaban J connectivity index is 3.13. The maximum Gasteiger partial charge on any atom is 0.338 e. The molecule has 0 aliphatic rings. The van der Waals surface area contributed by atoms with Gasteiger partial charge in [-0.25, -0.2) is 4.79 Å². The zero-order valence-electron chi connectivity index (χ0n) is 7.96. The monoisotopic (exact) mass is 223 g/mol. The van der Waals surface area contributed by atoms with Crippen molar-refractivity contribution in [2.45, 2.75) is 6.42 Å². The molecule has 3 N–H and O–H groups in total. The van der Waals surface area contributed by atoms with Crippen LogP contribution in [-0.2, 0) is 0 Å². The molecule has 0 aromatic heterocycles. The Morgan fingerprint density at radius 2 is 2.27 bits per heavy atom. The molecular weight excluding hydrogens is 214 g/mol. The van der Waals surface area contributed by atoms with Gasteiger partial charge < -0.3 is 10.8 Å². The number of carboxylic acids is 1. The first-order valence-corrected chi connectivity index (χ1v) is 4.75. The second-order valence-corrected chi connectivity index (χ2v) is 3.22. The highest BCUT2D eigenvalue weighted by molar-refractivity contribution is 6.33. The number of halogens is 1. The fraction of sp³-hybridized carbons (Fsp3) is 0.182. The van der Waals surface area contributed by atoms with E-state index in [2.05, 4.69) is 11.8 Å². The van der Waals surface area contributed by atoms with Gasteiger partial charge >= 0.3 is 5.97 Å². The Hall–Kier alpha value is -1.50. The Morgan fingerprint density at radius 3 is 2.87 bits per heavy atom. The molecule has 0 saturated heterocycles. The normalized spacial score (nSPS) is 9.20. The third-order valence-electron chi connectivity index (χ3n) is 1.72. The maximum atomic E-state index is 10.9. The number of hydrogen-bond donors (Lipinski definition) is 2. The van der Waals surface area contributed by atoms with Gasteiger partial charge in [0.1, 0.15) is 0 Å². The molecule has 0 radical (unpaired) electrons. The molecule has 0 unspecified atom stereocenters. The molecule has 0 fully saturated rings. The van der Waals surface area contributed by atoms with Crippen molar-refractivity contribution in [3.8, 4) is 11.8 Å². The van der Waals surface area contributed by atoms with E-state index in [9.17, 15) is 4.79 Å². The summed E-state index contributed by atoms with van der Waals surface area (Å²) in [5, 5.41) is 9.12. The van der Waals surface area contributed by atoms with Gasteiger partial charge in [0.15, 0.2) is 0 Å². The first-order chi connectivity index (χ1) is 7.16. The summed E-state index contributed by atoms with van der Waals surface area (Å²) >= 11 is 5.76. The third-order valence-corrected chi connectivity index (χ3v) is 2.03. The van der Waals surface area contributed by atoms with Crippen LogP contribution in [0.3, 0.4) is 0 Å². The highest BCUT2D eigenvalue weighted by Gasteiger charge is 2.12. The van der Waals surface area contributed by atoms with E-state index in [4.69, 9.17) is 22.4 Å². The SMILES string of the molecule is NCCC#Cc1cccc(Cl)c1C(=O)O. The summed E-state index contributed by atoms with van der Waals surface area (Å²) in [4.78, 5) is 10.9. The third kappa shape index (κ3) is 2.98. The number of benzene rings is 1. The largest absolute Gasteiger partial charge is 0.478 e. The molecule has 0 aliphatic heterocycles. The minimum atomic E-state index is -1.07. The van der Waals surface area contributed by atoms with Crippen molar-refractivity contribution in [3.63, 3.8) is 0 Å². The Morgan fingerprint density at radius 1 is 1.53 bits per heavy atom. The van der Waals surface area contributed by atoms with Crippen LogP contribution in [-0.4, -0.2) is 17.6 Å². The molecule has 0 amide bonds. The molecule has 78 valence electrons. The summed E-state index contributed by atoms with van der Waals surface area (Å²) in [5.74, 6) is 4.45. The van der Waals surface area contributed by atoms with Crippen LogP contribution in [0.4, 0.5) is 0 Å². The van der Waals surface area contributed by atoms with Gasteiger partial charge in [0.05, 0.1) is 10.6 Å². The van der Waals surface area contributed by atoms with Crippen LogP contribution in [0, 0.1) is 11.8 Å². The van der Waals surface area contributed by atoms with Gasteiger partial charge in [0.25, 0.3) is 0 Å². The number of nitrogens with two attached hydrogens (primary N) is 1. The van der Waals surface area contributed by atoms with Crippen molar-refractivity contribution < 1.29 is 9.90 Å². The number of carbonyl (C=O) groups is 1. The van der Waals surface area contributed by atoms with Gasteiger partial charge in [0, 0.05) is 18.5 Å². The van der Waals surface area contributed by atoms with Crippen LogP contribution in [0.25, 0.3) is 0 Å². The first kappa shape index (κ1) is 11.6. The van der Waals surface area contributed by atoms with E-state index in [1.54, 1.807) is 12.1 Å². The number of carboxylic acid groups (broad SMARTS) is 1. The van der Waals surface area contributed by atoms with Crippen molar-refractivity contribution >= 4 is 17.6 Å². The average Bonchev–Trinajstić information content (AvgIpc) is 2.17. The molecule has 1 rings (SSSR count). The minimum Gasteiger partial charge on any atom is -0.478 e. The fourth-order valence-electron chi connectivity index (χ4n) is 1.08. The van der Waals surface area contributed by atoms with E-state index in [0.717, 1.165) is 0 Å². The quantitative estimate of drug-likeness (QED) is 0.751. The maximum absolute atomic E-state index is 10.9. The molecule has 0 atom stereocenters. The van der Waals surface area contributed by atoms with Gasteiger partial charge in [-0.2, -0.15) is 0 Å². The van der Waals surface area contributed by atoms with E-state index in [1.807, 2.05) is 0 Å². The van der Waals surface area contributed by atoms with Crippen LogP contribution < -0.4 is 5.73 Å². The molecule has 4 heteroatoms. The average molecular weight is 224 g/mol. The lowest BCUT2D eigenvalue weighted by molar-refractivity contribution is 0.0697. The van der Waals surface area contributed by atoms with E-state index < -0.39 is 5.97 Å². The van der Waals surface area contributed by atoms with Crippen LogP contribution in [0.5, 0.6) is 0 Å². The van der Waals surface area contributed by atoms with Crippen molar-refractivity contribution in [1.29, 1.82) is 0 Å². The van der Waals surface area contributed by atoms with Gasteiger partial charge in [-0.1, -0.05) is 29.5 Å². The molecule has 0 spiro atoms. The van der Waals surface area contributed by atoms with Crippen LogP contribution in [0.15, 0.2) is 18.2 Å². The van der Waals surface area contributed by atoms with E-state index in [-0.39, 0.29) is 10.6 Å². The molecule has 3 nitrogen and oxygen atoms in total. The molecule has 0 saturated carbocycles. The van der Waals surface area contributed by atoms with Crippen LogP contribution in [0.2, 0.25) is 5.02 Å². The summed E-state index contributed by atoms with van der Waals surface area (Å²) in [5.41, 5.74) is 5.74. The molecule has 0 bridgehead atoms. The predicted molar refractivity (Wildman–Crippen MR) is 59.0 cm³/mol. The number of aromatic carboxylic acids is 1. The van der Waals surface area contributed by atoms with Crippen molar-refractivity contribution in [2.75, 3.05) is 6.54 Å². The molecular formula is C11H10ClNO2. The van der Waals surface area contributed by atoms with Gasteiger partial charge in [-0.3, -0.25) is 0 Å². The standard InChI is InChI=1S/C11H10ClNO2/c12-9-6-3-5-8(4-1-2-7-13)10(9)11(14)15/h3,5-6H,2,7,13H2,(H,14,15). The molecule has 1 aromatic rings. The summed E-state index contributed by atoms with van der Waals surface area (Å²) in [6.45, 7) is 0.454. The second-order valence-electron chi connectivity index (χ2n) is 2.81. The Kier molecular flexibility index (Phi) is 4.17. The van der Waals surface area contributed by atoms with Crippen LogP contribution >= 0.6 is 11.6 Å². The van der Waals surface area contributed by atoms with Gasteiger partial charge in [-0.05, 0) is 12.1 Å². The van der Waals surface area contributed by atoms with E-state index in [0.29, 0.717) is 18.5 Å². The summed E-state index contributed by atoms with van der Waals surface area (Å²) in [6, 6.07) is 4.82. The highest BCUT2D eigenvalue weighted by Crippen LogP contribution is 2.19. The summed E-state index contributed by atoms with van der Waals surface area (Å²) in [6.07, 6.45) is 0.533. The van der Waals surface area contributed by atoms with Crippen molar-refractivity contribution in [2.24, 2.45) is 5.73 Å². The zero-order chi connectivity index (χ0) is 11.3. The lowest BCUT2D eigenvalue weighted by Crippen LogP contribution is -2.01. The first-order valence-electron chi connectivity index (χ1n) is 4.37. The smallest absolute Gasteiger partial charge is 0.338 e. The van der Waals surface area contributed by atoms with E-state index in [1.165, 1.54) is 6.07 Å². The fourth-order valence-corrected chi connectivity index (χ4v) is 1.33. The molecule has 0 aliphatic carbocycles. The number of rotatable bonds is 2. The Bertz CT molecular complexity index is 432. The molecule has 1 aromatic carbocycles. The van der Waals surface area contributed by atoms with E-state index >= 15 is 0 Å². The van der Waals surface area contributed by atoms with Crippen molar-refractivity contribution in [1.82, 2.24) is 0 Å². The van der Waals surface area contributed by atoms with Crippen LogP contribution in [0.1, 0.15) is 22.3 Å². The summed E-state index contributed by atoms with van der Waals surface area (Å²) < 4.78 is 0. The minimum absolute atomic E-state index is 0.0451.